The highest BCUT2D eigenvalue weighted by molar-refractivity contribution is 9.10. The Morgan fingerprint density at radius 3 is 1.11 bits per heavy atom. The number of rotatable bonds is 26. The molecule has 143 heavy (non-hydrogen) atoms. The maximum Gasteiger partial charge on any atom is 0.231 e. The van der Waals surface area contributed by atoms with Crippen LogP contribution in [0.4, 0.5) is 88.8 Å². The Balaban J connectivity index is 0.000000121. The summed E-state index contributed by atoms with van der Waals surface area (Å²) in [6.07, 6.45) is 7.07. The molecule has 22 rings (SSSR count). The van der Waals surface area contributed by atoms with Crippen LogP contribution in [0.2, 0.25) is 20.1 Å². The highest BCUT2D eigenvalue weighted by Crippen LogP contribution is 2.50. The standard InChI is InChI=1S/C26H24ClN7O2S.C26H23ClN6O3S.C25H22Cl2N6O2S.C24H21BrN6OS/c1-33-8-10-34(11-9-33)14-16-2-4-18(5-3-16)30-26-32-25-24(37-26)21(17(12-28)13-29-25)31-22-19(27)6-7-20-23(22)36-15-35-20;27-19-5-6-20-23(36-15-35-20)22(19)31-21-17(13-28)14-29-25-24(21)37-26(32-25)30-18-3-1-16(2-4-18)7-8-33-9-11-34-12-10-33;1-34-21-11-20(18(26)10-19(21)27)31-22-16(12-28)13-29-24-23(22)36-25(32-24)30-17-4-2-15(3-5-17)14-33-6-8-35-9-7-33;25-18-2-1-3-20(12-18)28-21-17(13-26)14-27-23-22(21)33-24(30-23)29-19-6-4-16(5-7-19)15-31-8-10-32-11-9-31/h2-7,13H,8-11,14-15H2,1H3,(H2,29,30,31,32);1-6,14H,7-12,15H2,(H2,29,30,31,32);2-5,10-11,13H,6-9,14H2,1H3,(H2,29,30,31,32);1-7,12,14H,8-11,15H2,(H2,27,28,29,30). The second kappa shape index (κ2) is 46.3. The van der Waals surface area contributed by atoms with Crippen LogP contribution >= 0.6 is 108 Å². The molecule has 0 radical (unpaired) electrons. The second-order valence-corrected chi connectivity index (χ2v) is 40.0. The number of nitrogens with zero attached hydrogens (tertiary/aromatic N) is 17. The van der Waals surface area contributed by atoms with Gasteiger partial charge in [0.05, 0.1) is 118 Å². The van der Waals surface area contributed by atoms with Crippen molar-refractivity contribution in [3.8, 4) is 53.0 Å². The van der Waals surface area contributed by atoms with E-state index in [4.69, 9.17) is 84.3 Å². The van der Waals surface area contributed by atoms with Crippen molar-refractivity contribution in [1.82, 2.24) is 64.4 Å². The van der Waals surface area contributed by atoms with Gasteiger partial charge in [-0.15, -0.1) is 0 Å². The molecule has 14 heterocycles. The second-order valence-electron chi connectivity index (χ2n) is 33.5. The lowest BCUT2D eigenvalue weighted by molar-refractivity contribution is 0.0341. The molecule has 8 N–H and O–H groups in total. The number of aromatic nitrogens is 8. The summed E-state index contributed by atoms with van der Waals surface area (Å²) in [6.45, 7) is 19.1. The molecule has 0 bridgehead atoms. The first-order valence-electron chi connectivity index (χ1n) is 45.5. The number of nitriles is 4. The minimum Gasteiger partial charge on any atom is -0.495 e. The molecule has 0 saturated carbocycles. The van der Waals surface area contributed by atoms with Gasteiger partial charge in [0.25, 0.3) is 0 Å². The summed E-state index contributed by atoms with van der Waals surface area (Å²) in [5.41, 5.74) is 17.5. The number of likely N-dealkylation sites (N-methyl/N-ethyl adjacent to an activating group) is 1. The van der Waals surface area contributed by atoms with E-state index >= 15 is 0 Å². The van der Waals surface area contributed by atoms with Crippen molar-refractivity contribution in [3.05, 3.63) is 252 Å². The highest BCUT2D eigenvalue weighted by Gasteiger charge is 2.29. The average Bonchev–Trinajstić information content (AvgIpc) is 1.66. The molecule has 8 aromatic heterocycles. The minimum atomic E-state index is 0.113. The molecule has 0 aliphatic carbocycles. The quantitative estimate of drug-likeness (QED) is 0.0250. The van der Waals surface area contributed by atoms with Gasteiger partial charge in [-0.05, 0) is 133 Å². The lowest BCUT2D eigenvalue weighted by Crippen LogP contribution is -2.43. The predicted molar refractivity (Wildman–Crippen MR) is 569 cm³/mol. The molecule has 6 aliphatic heterocycles. The average molecular weight is 2130 g/mol. The van der Waals surface area contributed by atoms with Gasteiger partial charge in [-0.3, -0.25) is 19.6 Å². The third-order valence-electron chi connectivity index (χ3n) is 23.9. The van der Waals surface area contributed by atoms with E-state index in [-0.39, 0.29) is 13.6 Å². The molecule has 4 saturated heterocycles. The summed E-state index contributed by atoms with van der Waals surface area (Å²) >= 11 is 34.7. The summed E-state index contributed by atoms with van der Waals surface area (Å²) in [5, 5.41) is 70.0. The van der Waals surface area contributed by atoms with Crippen molar-refractivity contribution in [1.29, 1.82) is 21.0 Å². The van der Waals surface area contributed by atoms with Gasteiger partial charge in [-0.1, -0.05) is 162 Å². The number of hydrogen-bond acceptors (Lipinski definition) is 37. The number of halogens is 5. The van der Waals surface area contributed by atoms with Crippen LogP contribution in [0.15, 0.2) is 187 Å². The molecule has 8 aromatic carbocycles. The van der Waals surface area contributed by atoms with Crippen molar-refractivity contribution in [2.45, 2.75) is 26.1 Å². The fraction of sp³-hybridized carbons (Fsp3) is 0.248. The van der Waals surface area contributed by atoms with E-state index in [1.165, 1.54) is 93.3 Å². The van der Waals surface area contributed by atoms with E-state index in [1.807, 2.05) is 36.4 Å². The van der Waals surface area contributed by atoms with Crippen molar-refractivity contribution in [2.24, 2.45) is 0 Å². The number of nitrogens with one attached hydrogen (secondary N) is 8. The van der Waals surface area contributed by atoms with Crippen molar-refractivity contribution < 1.29 is 37.9 Å². The first kappa shape index (κ1) is 98.4. The summed E-state index contributed by atoms with van der Waals surface area (Å²) in [4.78, 5) is 48.1. The number of hydrogen-bond donors (Lipinski definition) is 8. The highest BCUT2D eigenvalue weighted by atomic mass is 79.9. The lowest BCUT2D eigenvalue weighted by atomic mass is 10.1. The van der Waals surface area contributed by atoms with E-state index in [1.54, 1.807) is 42.6 Å². The monoisotopic (exact) mass is 2130 g/mol. The van der Waals surface area contributed by atoms with Crippen LogP contribution in [0.5, 0.6) is 28.7 Å². The Bertz CT molecular complexity index is 7470. The zero-order valence-corrected chi connectivity index (χ0v) is 84.9. The van der Waals surface area contributed by atoms with Crippen LogP contribution in [-0.2, 0) is 40.3 Å². The third kappa shape index (κ3) is 24.2. The number of methoxy groups -OCH3 is 1. The number of fused-ring (bicyclic) bond motifs is 6. The maximum absolute atomic E-state index is 9.76. The maximum atomic E-state index is 9.76. The SMILES string of the molecule is CN1CCN(Cc2ccc(Nc3nc4ncc(C#N)c(Nc5c(Cl)ccc6c5OCO6)c4s3)cc2)CC1.COc1cc(Nc2c(C#N)cnc3nc(Nc4ccc(CN5CCOCC5)cc4)sc23)c(Cl)cc1Cl.N#Cc1cnc2nc(Nc3ccc(CCN4CCOCC4)cc3)sc2c1Nc1c(Cl)ccc2c1OCO2.N#Cc1cnc2nc(Nc3ccc(CN4CCOCC4)cc3)sc2c1Nc1cccc(Br)c1. The number of piperazine rings is 1. The molecule has 0 atom stereocenters. The van der Waals surface area contributed by atoms with E-state index in [0.717, 1.165) is 195 Å². The van der Waals surface area contributed by atoms with Gasteiger partial charge >= 0.3 is 0 Å². The Kier molecular flexibility index (Phi) is 31.9. The van der Waals surface area contributed by atoms with E-state index in [0.29, 0.717) is 149 Å². The summed E-state index contributed by atoms with van der Waals surface area (Å²) in [5.74, 6) is 2.68. The zero-order chi connectivity index (χ0) is 98.2. The molecular formula is C101H90BrCl4N25O8S4. The van der Waals surface area contributed by atoms with Gasteiger partial charge in [-0.2, -0.15) is 41.0 Å². The molecule has 42 heteroatoms. The Hall–Kier alpha value is -13.4. The van der Waals surface area contributed by atoms with E-state index < -0.39 is 0 Å². The number of benzene rings is 8. The normalized spacial score (nSPS) is 14.7. The number of ether oxygens (including phenoxy) is 8. The molecule has 6 aliphatic rings. The fourth-order valence-electron chi connectivity index (χ4n) is 16.3. The van der Waals surface area contributed by atoms with Crippen LogP contribution in [0.25, 0.3) is 41.4 Å². The first-order chi connectivity index (χ1) is 69.9. The minimum absolute atomic E-state index is 0.113. The Morgan fingerprint density at radius 2 is 0.734 bits per heavy atom. The van der Waals surface area contributed by atoms with Crippen molar-refractivity contribution >= 4 is 238 Å². The molecule has 4 fully saturated rings. The van der Waals surface area contributed by atoms with Crippen molar-refractivity contribution in [3.63, 3.8) is 0 Å². The van der Waals surface area contributed by atoms with Gasteiger partial charge in [0.1, 0.15) is 60.2 Å². The van der Waals surface area contributed by atoms with Crippen LogP contribution in [0, 0.1) is 45.3 Å². The lowest BCUT2D eigenvalue weighted by Gasteiger charge is -2.32. The van der Waals surface area contributed by atoms with E-state index in [9.17, 15) is 21.0 Å². The van der Waals surface area contributed by atoms with Crippen LogP contribution < -0.4 is 66.2 Å². The number of morpholine rings is 3. The van der Waals surface area contributed by atoms with Gasteiger partial charge < -0.3 is 85.3 Å². The van der Waals surface area contributed by atoms with Gasteiger partial charge in [0, 0.05) is 155 Å². The van der Waals surface area contributed by atoms with Crippen LogP contribution in [-0.4, -0.2) is 204 Å². The summed E-state index contributed by atoms with van der Waals surface area (Å²) < 4.78 is 47.7. The largest absolute Gasteiger partial charge is 0.495 e. The zero-order valence-electron chi connectivity index (χ0n) is 77.0. The van der Waals surface area contributed by atoms with Gasteiger partial charge in [-0.25, -0.2) is 19.9 Å². The van der Waals surface area contributed by atoms with Crippen LogP contribution in [0.1, 0.15) is 44.5 Å². The molecule has 16 aromatic rings. The molecular weight excluding hydrogens is 2040 g/mol. The summed E-state index contributed by atoms with van der Waals surface area (Å²) in [6, 6.07) is 60.4. The van der Waals surface area contributed by atoms with Crippen LogP contribution in [0.3, 0.4) is 0 Å². The van der Waals surface area contributed by atoms with Gasteiger partial charge in [0.15, 0.2) is 66.1 Å². The Morgan fingerprint density at radius 1 is 0.371 bits per heavy atom. The molecule has 0 spiro atoms. The fourth-order valence-corrected chi connectivity index (χ4v) is 21.4. The Labute approximate surface area is 866 Å². The number of thiazole rings is 4. The number of pyridine rings is 4. The number of anilines is 16. The first-order valence-corrected chi connectivity index (χ1v) is 51.1. The molecule has 0 unspecified atom stereocenters. The van der Waals surface area contributed by atoms with E-state index in [2.05, 4.69) is 239 Å². The predicted octanol–water partition coefficient (Wildman–Crippen LogP) is 22.3. The smallest absolute Gasteiger partial charge is 0.231 e. The third-order valence-corrected chi connectivity index (χ3v) is 29.5. The molecule has 0 amide bonds. The molecule has 726 valence electrons. The summed E-state index contributed by atoms with van der Waals surface area (Å²) in [7, 11) is 3.70. The van der Waals surface area contributed by atoms with Gasteiger partial charge in [0.2, 0.25) is 13.6 Å². The molecule has 33 nitrogen and oxygen atoms in total. The topological polar surface area (TPSA) is 385 Å². The van der Waals surface area contributed by atoms with Crippen molar-refractivity contribution in [2.75, 3.05) is 182 Å².